The van der Waals surface area contributed by atoms with Crippen LogP contribution in [0.25, 0.3) is 0 Å². The predicted octanol–water partition coefficient (Wildman–Crippen LogP) is 2.73. The predicted molar refractivity (Wildman–Crippen MR) is 66.5 cm³/mol. The molecule has 3 heteroatoms. The Morgan fingerprint density at radius 1 is 1.00 bits per heavy atom. The van der Waals surface area contributed by atoms with Crippen LogP contribution < -0.4 is 9.47 Å². The second-order valence-corrected chi connectivity index (χ2v) is 5.75. The van der Waals surface area contributed by atoms with Crippen molar-refractivity contribution in [2.24, 2.45) is 11.8 Å². The summed E-state index contributed by atoms with van der Waals surface area (Å²) in [7, 11) is 0. The third-order valence-electron chi connectivity index (χ3n) is 4.82. The van der Waals surface area contributed by atoms with Crippen LogP contribution in [0, 0.1) is 11.8 Å². The number of aliphatic hydroxyl groups is 1. The van der Waals surface area contributed by atoms with Gasteiger partial charge in [-0.05, 0) is 37.8 Å². The molecule has 1 aromatic rings. The Hall–Kier alpha value is -1.22. The molecule has 2 aliphatic carbocycles. The van der Waals surface area contributed by atoms with Gasteiger partial charge in [-0.1, -0.05) is 18.6 Å². The molecule has 3 atom stereocenters. The van der Waals surface area contributed by atoms with Gasteiger partial charge in [0, 0.05) is 5.92 Å². The molecule has 18 heavy (non-hydrogen) atoms. The maximum atomic E-state index is 10.3. The first-order chi connectivity index (χ1) is 8.79. The fourth-order valence-corrected chi connectivity index (χ4v) is 3.97. The lowest BCUT2D eigenvalue weighted by Crippen LogP contribution is -2.61. The van der Waals surface area contributed by atoms with Crippen LogP contribution >= 0.6 is 0 Å². The smallest absolute Gasteiger partial charge is 0.259 e. The highest BCUT2D eigenvalue weighted by atomic mass is 16.7. The minimum absolute atomic E-state index is 0.123. The molecule has 0 aromatic heterocycles. The second kappa shape index (κ2) is 3.64. The molecular formula is C15H18O3. The quantitative estimate of drug-likeness (QED) is 0.765. The first-order valence-electron chi connectivity index (χ1n) is 6.95. The summed E-state index contributed by atoms with van der Waals surface area (Å²) in [5.74, 6) is 1.64. The van der Waals surface area contributed by atoms with Gasteiger partial charge in [-0.2, -0.15) is 0 Å². The van der Waals surface area contributed by atoms with Crippen molar-refractivity contribution in [3.8, 4) is 11.5 Å². The molecule has 96 valence electrons. The summed E-state index contributed by atoms with van der Waals surface area (Å²) in [6, 6.07) is 7.86. The second-order valence-electron chi connectivity index (χ2n) is 5.75. The van der Waals surface area contributed by atoms with Crippen molar-refractivity contribution in [2.45, 2.75) is 44.0 Å². The molecule has 1 N–H and O–H groups in total. The van der Waals surface area contributed by atoms with E-state index in [0.717, 1.165) is 37.2 Å². The van der Waals surface area contributed by atoms with Gasteiger partial charge in [-0.15, -0.1) is 0 Å². The average molecular weight is 246 g/mol. The summed E-state index contributed by atoms with van der Waals surface area (Å²) in [6.07, 6.45) is 4.95. The van der Waals surface area contributed by atoms with Gasteiger partial charge < -0.3 is 14.6 Å². The van der Waals surface area contributed by atoms with Gasteiger partial charge in [0.1, 0.15) is 0 Å². The Kier molecular flexibility index (Phi) is 2.16. The van der Waals surface area contributed by atoms with E-state index in [-0.39, 0.29) is 12.0 Å². The highest BCUT2D eigenvalue weighted by Gasteiger charge is 2.60. The summed E-state index contributed by atoms with van der Waals surface area (Å²) in [4.78, 5) is 0. The molecule has 3 nitrogen and oxygen atoms in total. The lowest BCUT2D eigenvalue weighted by molar-refractivity contribution is -0.232. The number of ether oxygens (including phenoxy) is 2. The molecule has 1 spiro atoms. The lowest BCUT2D eigenvalue weighted by Gasteiger charge is -2.50. The van der Waals surface area contributed by atoms with Crippen LogP contribution in [0.2, 0.25) is 0 Å². The van der Waals surface area contributed by atoms with Crippen LogP contribution in [0.3, 0.4) is 0 Å². The molecule has 1 aliphatic heterocycles. The number of hydrogen-bond donors (Lipinski definition) is 1. The highest BCUT2D eigenvalue weighted by molar-refractivity contribution is 5.43. The van der Waals surface area contributed by atoms with E-state index in [1.807, 2.05) is 24.3 Å². The van der Waals surface area contributed by atoms with E-state index in [1.165, 1.54) is 6.42 Å². The summed E-state index contributed by atoms with van der Waals surface area (Å²) in [5, 5.41) is 10.3. The van der Waals surface area contributed by atoms with E-state index in [0.29, 0.717) is 5.92 Å². The van der Waals surface area contributed by atoms with Crippen LogP contribution in [-0.4, -0.2) is 17.0 Å². The zero-order valence-corrected chi connectivity index (χ0v) is 10.3. The first kappa shape index (κ1) is 10.7. The summed E-state index contributed by atoms with van der Waals surface area (Å²) < 4.78 is 12.4. The van der Waals surface area contributed by atoms with Crippen molar-refractivity contribution < 1.29 is 14.6 Å². The van der Waals surface area contributed by atoms with E-state index in [1.54, 1.807) is 0 Å². The monoisotopic (exact) mass is 246 g/mol. The Morgan fingerprint density at radius 2 is 1.72 bits per heavy atom. The maximum Gasteiger partial charge on any atom is 0.259 e. The molecule has 0 radical (unpaired) electrons. The zero-order valence-electron chi connectivity index (χ0n) is 10.3. The van der Waals surface area contributed by atoms with Gasteiger partial charge in [0.2, 0.25) is 0 Å². The van der Waals surface area contributed by atoms with Crippen molar-refractivity contribution >= 4 is 0 Å². The fourth-order valence-electron chi connectivity index (χ4n) is 3.97. The number of aliphatic hydroxyl groups excluding tert-OH is 1. The van der Waals surface area contributed by atoms with E-state index < -0.39 is 5.79 Å². The zero-order chi connectivity index (χ0) is 12.2. The molecule has 3 aliphatic rings. The third kappa shape index (κ3) is 1.28. The Morgan fingerprint density at radius 3 is 2.44 bits per heavy atom. The maximum absolute atomic E-state index is 10.3. The minimum Gasteiger partial charge on any atom is -0.448 e. The molecule has 2 fully saturated rings. The van der Waals surface area contributed by atoms with E-state index in [2.05, 4.69) is 0 Å². The van der Waals surface area contributed by atoms with Gasteiger partial charge >= 0.3 is 0 Å². The number of para-hydroxylation sites is 2. The molecule has 0 amide bonds. The van der Waals surface area contributed by atoms with Crippen LogP contribution in [0.1, 0.15) is 32.1 Å². The van der Waals surface area contributed by atoms with E-state index in [4.69, 9.17) is 9.47 Å². The largest absolute Gasteiger partial charge is 0.448 e. The molecule has 2 bridgehead atoms. The molecule has 0 saturated heterocycles. The van der Waals surface area contributed by atoms with Crippen molar-refractivity contribution in [1.82, 2.24) is 0 Å². The van der Waals surface area contributed by atoms with Crippen molar-refractivity contribution in [1.29, 1.82) is 0 Å². The van der Waals surface area contributed by atoms with Crippen molar-refractivity contribution in [3.63, 3.8) is 0 Å². The third-order valence-corrected chi connectivity index (χ3v) is 4.82. The van der Waals surface area contributed by atoms with Gasteiger partial charge in [0.25, 0.3) is 5.79 Å². The number of rotatable bonds is 0. The van der Waals surface area contributed by atoms with Gasteiger partial charge in [-0.25, -0.2) is 0 Å². The normalized spacial score (nSPS) is 35.7. The SMILES string of the molecule is O[C@H]1CC[C@H]2CCC[C@@H]1C21Oc2ccccc2O1. The summed E-state index contributed by atoms with van der Waals surface area (Å²) in [5.41, 5.74) is 0. The molecular weight excluding hydrogens is 228 g/mol. The summed E-state index contributed by atoms with van der Waals surface area (Å²) >= 11 is 0. The first-order valence-corrected chi connectivity index (χ1v) is 6.95. The standard InChI is InChI=1S/C15H18O3/c16-12-9-8-10-4-3-5-11(12)15(10)17-13-6-1-2-7-14(13)18-15/h1-2,6-7,10-12,16H,3-5,8-9H2/t10-,11+,12+/m1/s1. The van der Waals surface area contributed by atoms with Gasteiger partial charge in [0.05, 0.1) is 12.0 Å². The number of fused-ring (bicyclic) bond motifs is 1. The highest BCUT2D eigenvalue weighted by Crippen LogP contribution is 2.55. The number of hydrogen-bond acceptors (Lipinski definition) is 3. The molecule has 1 aromatic carbocycles. The molecule has 4 rings (SSSR count). The number of benzene rings is 1. The Balaban J connectivity index is 1.76. The topological polar surface area (TPSA) is 38.7 Å². The fraction of sp³-hybridized carbons (Fsp3) is 0.600. The minimum atomic E-state index is -0.584. The average Bonchev–Trinajstić information content (AvgIpc) is 2.73. The van der Waals surface area contributed by atoms with Crippen molar-refractivity contribution in [2.75, 3.05) is 0 Å². The molecule has 0 unspecified atom stereocenters. The Labute approximate surface area is 107 Å². The van der Waals surface area contributed by atoms with Crippen LogP contribution in [-0.2, 0) is 0 Å². The van der Waals surface area contributed by atoms with Crippen LogP contribution in [0.4, 0.5) is 0 Å². The molecule has 1 heterocycles. The Bertz CT molecular complexity index is 446. The van der Waals surface area contributed by atoms with Crippen LogP contribution in [0.15, 0.2) is 24.3 Å². The van der Waals surface area contributed by atoms with E-state index in [9.17, 15) is 5.11 Å². The summed E-state index contributed by atoms with van der Waals surface area (Å²) in [6.45, 7) is 0. The van der Waals surface area contributed by atoms with Crippen molar-refractivity contribution in [3.05, 3.63) is 24.3 Å². The van der Waals surface area contributed by atoms with Gasteiger partial charge in [0.15, 0.2) is 11.5 Å². The van der Waals surface area contributed by atoms with Crippen LogP contribution in [0.5, 0.6) is 11.5 Å². The lowest BCUT2D eigenvalue weighted by atomic mass is 9.66. The molecule has 2 saturated carbocycles. The van der Waals surface area contributed by atoms with E-state index >= 15 is 0 Å². The van der Waals surface area contributed by atoms with Gasteiger partial charge in [-0.3, -0.25) is 0 Å².